The van der Waals surface area contributed by atoms with Crippen molar-refractivity contribution in [1.82, 2.24) is 4.57 Å². The van der Waals surface area contributed by atoms with E-state index in [4.69, 9.17) is 0 Å². The van der Waals surface area contributed by atoms with E-state index in [0.717, 1.165) is 37.8 Å². The molecule has 1 N–H and O–H groups in total. The Balaban J connectivity index is 1.82. The summed E-state index contributed by atoms with van der Waals surface area (Å²) in [6.07, 6.45) is 3.93. The fraction of sp³-hybridized carbons (Fsp3) is 0.333. The lowest BCUT2D eigenvalue weighted by Gasteiger charge is -2.25. The van der Waals surface area contributed by atoms with Crippen LogP contribution < -0.4 is 10.9 Å². The van der Waals surface area contributed by atoms with Gasteiger partial charge in [-0.15, -0.1) is 0 Å². The number of nitrogens with one attached hydrogen (secondary N) is 1. The van der Waals surface area contributed by atoms with Crippen LogP contribution in [0.25, 0.3) is 0 Å². The number of carbonyl (C=O) groups is 1. The number of halogens is 2. The maximum atomic E-state index is 14.0. The van der Waals surface area contributed by atoms with Crippen LogP contribution in [-0.4, -0.2) is 16.4 Å². The molecule has 1 fully saturated rings. The zero-order valence-corrected chi connectivity index (χ0v) is 12.9. The lowest BCUT2D eigenvalue weighted by molar-refractivity contribution is 0.103. The minimum absolute atomic E-state index is 0.0343. The topological polar surface area (TPSA) is 51.1 Å². The molecule has 1 aliphatic heterocycles. The first-order valence-corrected chi connectivity index (χ1v) is 8.08. The molecule has 24 heavy (non-hydrogen) atoms. The first-order valence-electron chi connectivity index (χ1n) is 8.08. The Labute approximate surface area is 137 Å². The molecule has 2 atom stereocenters. The van der Waals surface area contributed by atoms with Crippen LogP contribution in [0.1, 0.15) is 47.6 Å². The number of ketones is 1. The Kier molecular flexibility index (Phi) is 3.48. The Morgan fingerprint density at radius 3 is 2.62 bits per heavy atom. The van der Waals surface area contributed by atoms with E-state index in [-0.39, 0.29) is 28.8 Å². The minimum atomic E-state index is -0.902. The second-order valence-electron chi connectivity index (χ2n) is 6.36. The van der Waals surface area contributed by atoms with Gasteiger partial charge < -0.3 is 5.32 Å². The fourth-order valence-electron chi connectivity index (χ4n) is 3.80. The van der Waals surface area contributed by atoms with Crippen LogP contribution in [-0.2, 0) is 0 Å². The molecule has 0 spiro atoms. The number of nitrogens with zero attached hydrogens (tertiary/aromatic N) is 1. The van der Waals surface area contributed by atoms with Gasteiger partial charge >= 0.3 is 0 Å². The number of rotatable bonds is 2. The van der Waals surface area contributed by atoms with Crippen molar-refractivity contribution >= 4 is 11.6 Å². The zero-order chi connectivity index (χ0) is 16.8. The smallest absolute Gasteiger partial charge is 0.252 e. The van der Waals surface area contributed by atoms with Gasteiger partial charge in [-0.3, -0.25) is 14.2 Å². The van der Waals surface area contributed by atoms with E-state index >= 15 is 0 Å². The second kappa shape index (κ2) is 5.54. The zero-order valence-electron chi connectivity index (χ0n) is 12.9. The first kappa shape index (κ1) is 15.1. The molecule has 1 saturated carbocycles. The van der Waals surface area contributed by atoms with Gasteiger partial charge in [0.05, 0.1) is 17.2 Å². The van der Waals surface area contributed by atoms with Crippen LogP contribution in [0, 0.1) is 11.6 Å². The van der Waals surface area contributed by atoms with Crippen molar-refractivity contribution in [3.8, 4) is 0 Å². The van der Waals surface area contributed by atoms with E-state index in [1.807, 2.05) is 0 Å². The summed E-state index contributed by atoms with van der Waals surface area (Å²) in [7, 11) is 0. The van der Waals surface area contributed by atoms with E-state index in [0.29, 0.717) is 11.9 Å². The van der Waals surface area contributed by atoms with Crippen molar-refractivity contribution in [2.75, 3.05) is 5.32 Å². The molecule has 124 valence electrons. The highest BCUT2D eigenvalue weighted by Gasteiger charge is 2.36. The molecular weight excluding hydrogens is 314 g/mol. The maximum absolute atomic E-state index is 14.0. The average Bonchev–Trinajstić information content (AvgIpc) is 2.95. The van der Waals surface area contributed by atoms with Crippen molar-refractivity contribution in [2.45, 2.75) is 37.8 Å². The highest BCUT2D eigenvalue weighted by molar-refractivity contribution is 6.12. The van der Waals surface area contributed by atoms with Crippen molar-refractivity contribution in [1.29, 1.82) is 0 Å². The third-order valence-electron chi connectivity index (χ3n) is 4.93. The summed E-state index contributed by atoms with van der Waals surface area (Å²) in [5.41, 5.74) is -0.118. The summed E-state index contributed by atoms with van der Waals surface area (Å²) in [6, 6.07) is 5.80. The number of fused-ring (bicyclic) bond motifs is 3. The van der Waals surface area contributed by atoms with E-state index < -0.39 is 17.4 Å². The number of carbonyl (C=O) groups excluding carboxylic acids is 1. The van der Waals surface area contributed by atoms with Gasteiger partial charge in [0.25, 0.3) is 5.56 Å². The molecule has 6 heteroatoms. The number of hydrogen-bond donors (Lipinski definition) is 1. The Morgan fingerprint density at radius 2 is 1.83 bits per heavy atom. The molecule has 0 amide bonds. The van der Waals surface area contributed by atoms with Gasteiger partial charge in [0, 0.05) is 18.2 Å². The summed E-state index contributed by atoms with van der Waals surface area (Å²) in [5, 5.41) is 3.27. The molecule has 2 heterocycles. The summed E-state index contributed by atoms with van der Waals surface area (Å²) >= 11 is 0. The first-order chi connectivity index (χ1) is 11.6. The molecule has 0 unspecified atom stereocenters. The van der Waals surface area contributed by atoms with E-state index in [1.165, 1.54) is 12.1 Å². The highest BCUT2D eigenvalue weighted by Crippen LogP contribution is 2.38. The third kappa shape index (κ3) is 2.25. The van der Waals surface area contributed by atoms with Crippen LogP contribution >= 0.6 is 0 Å². The van der Waals surface area contributed by atoms with Gasteiger partial charge in [-0.1, -0.05) is 12.8 Å². The van der Waals surface area contributed by atoms with E-state index in [9.17, 15) is 18.4 Å². The molecule has 4 nitrogen and oxygen atoms in total. The molecular formula is C18H16F2N2O2. The molecule has 1 aromatic carbocycles. The normalized spacial score (nSPS) is 21.8. The number of pyridine rings is 1. The number of benzene rings is 1. The molecule has 2 aromatic rings. The van der Waals surface area contributed by atoms with Gasteiger partial charge in [0.15, 0.2) is 5.78 Å². The van der Waals surface area contributed by atoms with Crippen molar-refractivity contribution in [3.05, 3.63) is 63.4 Å². The molecule has 4 rings (SSSR count). The van der Waals surface area contributed by atoms with Crippen molar-refractivity contribution in [2.24, 2.45) is 0 Å². The predicted octanol–water partition coefficient (Wildman–Crippen LogP) is 3.27. The molecule has 0 radical (unpaired) electrons. The predicted molar refractivity (Wildman–Crippen MR) is 85.4 cm³/mol. The third-order valence-corrected chi connectivity index (χ3v) is 4.93. The van der Waals surface area contributed by atoms with Crippen LogP contribution in [0.2, 0.25) is 0 Å². The van der Waals surface area contributed by atoms with E-state index in [1.54, 1.807) is 4.57 Å². The summed E-state index contributed by atoms with van der Waals surface area (Å²) in [6.45, 7) is 0. The van der Waals surface area contributed by atoms with E-state index in [2.05, 4.69) is 5.32 Å². The summed E-state index contributed by atoms with van der Waals surface area (Å²) in [4.78, 5) is 25.0. The molecule has 1 aromatic heterocycles. The standard InChI is InChI=1S/C18H16F2N2O2/c19-10-5-6-11(13(20)9-10)17(24)12-7-8-16(23)22-15-4-2-1-3-14(15)21-18(12)22/h5-9,14-15,21H,1-4H2/t14-,15-/m1/s1. The van der Waals surface area contributed by atoms with Crippen LogP contribution in [0.3, 0.4) is 0 Å². The molecule has 0 saturated heterocycles. The summed E-state index contributed by atoms with van der Waals surface area (Å²) in [5.74, 6) is -1.74. The summed E-state index contributed by atoms with van der Waals surface area (Å²) < 4.78 is 28.7. The fourth-order valence-corrected chi connectivity index (χ4v) is 3.80. The van der Waals surface area contributed by atoms with Crippen LogP contribution in [0.5, 0.6) is 0 Å². The Hall–Kier alpha value is -2.50. The Bertz CT molecular complexity index is 891. The van der Waals surface area contributed by atoms with Crippen molar-refractivity contribution < 1.29 is 13.6 Å². The van der Waals surface area contributed by atoms with Crippen molar-refractivity contribution in [3.63, 3.8) is 0 Å². The van der Waals surface area contributed by atoms with Gasteiger partial charge in [-0.2, -0.15) is 0 Å². The number of aromatic nitrogens is 1. The number of hydrogen-bond acceptors (Lipinski definition) is 3. The quantitative estimate of drug-likeness (QED) is 0.860. The van der Waals surface area contributed by atoms with Gasteiger partial charge in [-0.25, -0.2) is 8.78 Å². The SMILES string of the molecule is O=C(c1ccc(F)cc1F)c1ccc(=O)n2c1N[C@@H]1CCCC[C@H]12. The minimum Gasteiger partial charge on any atom is -0.366 e. The average molecular weight is 330 g/mol. The second-order valence-corrected chi connectivity index (χ2v) is 6.36. The lowest BCUT2D eigenvalue weighted by atomic mass is 9.91. The number of anilines is 1. The van der Waals surface area contributed by atoms with Crippen LogP contribution in [0.4, 0.5) is 14.6 Å². The largest absolute Gasteiger partial charge is 0.366 e. The Morgan fingerprint density at radius 1 is 1.08 bits per heavy atom. The maximum Gasteiger partial charge on any atom is 0.252 e. The van der Waals surface area contributed by atoms with Gasteiger partial charge in [0.1, 0.15) is 17.5 Å². The molecule has 1 aliphatic carbocycles. The molecule has 2 aliphatic rings. The monoisotopic (exact) mass is 330 g/mol. The highest BCUT2D eigenvalue weighted by atomic mass is 19.1. The van der Waals surface area contributed by atoms with Gasteiger partial charge in [-0.05, 0) is 31.0 Å². The molecule has 0 bridgehead atoms. The lowest BCUT2D eigenvalue weighted by Crippen LogP contribution is -2.29. The van der Waals surface area contributed by atoms with Gasteiger partial charge in [0.2, 0.25) is 0 Å². The van der Waals surface area contributed by atoms with Crippen LogP contribution in [0.15, 0.2) is 35.1 Å².